The average molecular weight is 461 g/mol. The van der Waals surface area contributed by atoms with Crippen molar-refractivity contribution < 1.29 is 13.2 Å². The maximum absolute atomic E-state index is 13.3. The number of halogens is 3. The molecule has 0 aliphatic carbocycles. The SMILES string of the molecule is Cn1c(-c2cccc(C(F)(F)F)c2)c(-c2ccnc(NCc3ccccc3)n2)cc(C#N)c1=O. The average Bonchev–Trinajstić information content (AvgIpc) is 2.84. The number of nitriles is 1. The molecule has 0 saturated heterocycles. The summed E-state index contributed by atoms with van der Waals surface area (Å²) in [5.74, 6) is 0.295. The van der Waals surface area contributed by atoms with Crippen LogP contribution >= 0.6 is 0 Å². The van der Waals surface area contributed by atoms with Gasteiger partial charge in [-0.2, -0.15) is 18.4 Å². The monoisotopic (exact) mass is 461 g/mol. The molecule has 0 bridgehead atoms. The van der Waals surface area contributed by atoms with Gasteiger partial charge in [0, 0.05) is 25.4 Å². The summed E-state index contributed by atoms with van der Waals surface area (Å²) in [6, 6.07) is 19.1. The van der Waals surface area contributed by atoms with Crippen molar-refractivity contribution in [1.29, 1.82) is 5.26 Å². The van der Waals surface area contributed by atoms with Gasteiger partial charge in [-0.05, 0) is 35.4 Å². The maximum Gasteiger partial charge on any atom is 0.416 e. The second kappa shape index (κ2) is 9.19. The molecule has 6 nitrogen and oxygen atoms in total. The smallest absolute Gasteiger partial charge is 0.350 e. The van der Waals surface area contributed by atoms with Gasteiger partial charge in [0.2, 0.25) is 5.95 Å². The minimum atomic E-state index is -4.55. The number of hydrogen-bond acceptors (Lipinski definition) is 5. The Balaban J connectivity index is 1.83. The number of anilines is 1. The van der Waals surface area contributed by atoms with Crippen molar-refractivity contribution in [3.8, 4) is 28.6 Å². The van der Waals surface area contributed by atoms with Gasteiger partial charge in [-0.15, -0.1) is 0 Å². The largest absolute Gasteiger partial charge is 0.416 e. The number of nitrogens with zero attached hydrogens (tertiary/aromatic N) is 4. The van der Waals surface area contributed by atoms with Gasteiger partial charge in [0.25, 0.3) is 5.56 Å². The Morgan fingerprint density at radius 1 is 1.06 bits per heavy atom. The molecular formula is C25H18F3N5O. The summed E-state index contributed by atoms with van der Waals surface area (Å²) >= 11 is 0. The van der Waals surface area contributed by atoms with E-state index in [9.17, 15) is 23.2 Å². The molecule has 0 amide bonds. The minimum Gasteiger partial charge on any atom is -0.350 e. The Kier molecular flexibility index (Phi) is 6.15. The Morgan fingerprint density at radius 3 is 2.53 bits per heavy atom. The number of aromatic nitrogens is 3. The Hall–Kier alpha value is -4.45. The van der Waals surface area contributed by atoms with Crippen LogP contribution in [0.4, 0.5) is 19.1 Å². The van der Waals surface area contributed by atoms with Crippen LogP contribution in [-0.2, 0) is 19.8 Å². The maximum atomic E-state index is 13.3. The molecule has 4 rings (SSSR count). The summed E-state index contributed by atoms with van der Waals surface area (Å²) in [6.07, 6.45) is -3.05. The number of hydrogen-bond donors (Lipinski definition) is 1. The van der Waals surface area contributed by atoms with Crippen molar-refractivity contribution in [2.75, 3.05) is 5.32 Å². The first-order valence-corrected chi connectivity index (χ1v) is 10.2. The molecular weight excluding hydrogens is 443 g/mol. The number of pyridine rings is 1. The fourth-order valence-electron chi connectivity index (χ4n) is 3.58. The zero-order chi connectivity index (χ0) is 24.3. The van der Waals surface area contributed by atoms with Gasteiger partial charge in [0.1, 0.15) is 11.6 Å². The van der Waals surface area contributed by atoms with E-state index in [4.69, 9.17) is 0 Å². The molecule has 1 N–H and O–H groups in total. The van der Waals surface area contributed by atoms with E-state index in [0.717, 1.165) is 17.7 Å². The zero-order valence-electron chi connectivity index (χ0n) is 18.0. The van der Waals surface area contributed by atoms with E-state index in [-0.39, 0.29) is 16.8 Å². The molecule has 0 aliphatic rings. The lowest BCUT2D eigenvalue weighted by Gasteiger charge is -2.17. The Bertz CT molecular complexity index is 1440. The predicted octanol–water partition coefficient (Wildman–Crippen LogP) is 5.01. The summed E-state index contributed by atoms with van der Waals surface area (Å²) in [5.41, 5.74) is 0.471. The van der Waals surface area contributed by atoms with Crippen molar-refractivity contribution in [1.82, 2.24) is 14.5 Å². The van der Waals surface area contributed by atoms with Crippen LogP contribution in [0, 0.1) is 11.3 Å². The third kappa shape index (κ3) is 4.66. The summed E-state index contributed by atoms with van der Waals surface area (Å²) in [5, 5.41) is 12.5. The number of alkyl halides is 3. The molecule has 2 aromatic heterocycles. The van der Waals surface area contributed by atoms with Gasteiger partial charge < -0.3 is 9.88 Å². The van der Waals surface area contributed by atoms with E-state index in [2.05, 4.69) is 15.3 Å². The van der Waals surface area contributed by atoms with Crippen LogP contribution in [-0.4, -0.2) is 14.5 Å². The van der Waals surface area contributed by atoms with Gasteiger partial charge in [0.15, 0.2) is 0 Å². The van der Waals surface area contributed by atoms with Crippen LogP contribution in [0.25, 0.3) is 22.5 Å². The van der Waals surface area contributed by atoms with E-state index in [1.807, 2.05) is 36.4 Å². The lowest BCUT2D eigenvalue weighted by atomic mass is 9.99. The van der Waals surface area contributed by atoms with E-state index in [1.165, 1.54) is 36.0 Å². The third-order valence-corrected chi connectivity index (χ3v) is 5.22. The summed E-state index contributed by atoms with van der Waals surface area (Å²) in [6.45, 7) is 0.460. The summed E-state index contributed by atoms with van der Waals surface area (Å²) in [7, 11) is 1.41. The number of benzene rings is 2. The fraction of sp³-hybridized carbons (Fsp3) is 0.120. The molecule has 170 valence electrons. The highest BCUT2D eigenvalue weighted by Gasteiger charge is 2.31. The first kappa shape index (κ1) is 22.7. The number of nitrogens with one attached hydrogen (secondary N) is 1. The molecule has 9 heteroatoms. The second-order valence-electron chi connectivity index (χ2n) is 7.48. The topological polar surface area (TPSA) is 83.6 Å². The summed E-state index contributed by atoms with van der Waals surface area (Å²) < 4.78 is 41.2. The first-order chi connectivity index (χ1) is 16.3. The Labute approximate surface area is 193 Å². The van der Waals surface area contributed by atoms with Crippen LogP contribution < -0.4 is 10.9 Å². The van der Waals surface area contributed by atoms with Gasteiger partial charge in [0.05, 0.1) is 17.0 Å². The molecule has 0 aliphatic heterocycles. The van der Waals surface area contributed by atoms with Gasteiger partial charge in [-0.1, -0.05) is 42.5 Å². The van der Waals surface area contributed by atoms with E-state index >= 15 is 0 Å². The molecule has 0 spiro atoms. The highest BCUT2D eigenvalue weighted by atomic mass is 19.4. The third-order valence-electron chi connectivity index (χ3n) is 5.22. The van der Waals surface area contributed by atoms with Crippen LogP contribution in [0.5, 0.6) is 0 Å². The minimum absolute atomic E-state index is 0.148. The molecule has 0 radical (unpaired) electrons. The molecule has 0 atom stereocenters. The Morgan fingerprint density at radius 2 is 1.82 bits per heavy atom. The summed E-state index contributed by atoms with van der Waals surface area (Å²) in [4.78, 5) is 21.4. The van der Waals surface area contributed by atoms with Crippen LogP contribution in [0.3, 0.4) is 0 Å². The second-order valence-corrected chi connectivity index (χ2v) is 7.48. The standard InChI is InChI=1S/C25H18F3N5O/c1-33-22(17-8-5-9-19(12-17)25(26,27)28)20(13-18(14-29)23(33)34)21-10-11-30-24(32-21)31-15-16-6-3-2-4-7-16/h2-13H,15H2,1H3,(H,30,31,32). The van der Waals surface area contributed by atoms with Crippen LogP contribution in [0.2, 0.25) is 0 Å². The van der Waals surface area contributed by atoms with E-state index in [1.54, 1.807) is 6.07 Å². The van der Waals surface area contributed by atoms with E-state index in [0.29, 0.717) is 23.8 Å². The molecule has 4 aromatic rings. The lowest BCUT2D eigenvalue weighted by Crippen LogP contribution is -2.22. The van der Waals surface area contributed by atoms with Crippen molar-refractivity contribution >= 4 is 5.95 Å². The van der Waals surface area contributed by atoms with Crippen LogP contribution in [0.15, 0.2) is 77.7 Å². The van der Waals surface area contributed by atoms with Crippen LogP contribution in [0.1, 0.15) is 16.7 Å². The fourth-order valence-corrected chi connectivity index (χ4v) is 3.58. The normalized spacial score (nSPS) is 11.1. The molecule has 34 heavy (non-hydrogen) atoms. The highest BCUT2D eigenvalue weighted by molar-refractivity contribution is 5.80. The van der Waals surface area contributed by atoms with Gasteiger partial charge in [-0.25, -0.2) is 9.97 Å². The quantitative estimate of drug-likeness (QED) is 0.452. The van der Waals surface area contributed by atoms with Crippen molar-refractivity contribution in [3.05, 3.63) is 100.0 Å². The van der Waals surface area contributed by atoms with Gasteiger partial charge >= 0.3 is 6.18 Å². The van der Waals surface area contributed by atoms with Crippen molar-refractivity contribution in [3.63, 3.8) is 0 Å². The first-order valence-electron chi connectivity index (χ1n) is 10.2. The van der Waals surface area contributed by atoms with Gasteiger partial charge in [-0.3, -0.25) is 4.79 Å². The van der Waals surface area contributed by atoms with Crippen molar-refractivity contribution in [2.45, 2.75) is 12.7 Å². The molecule has 0 unspecified atom stereocenters. The highest BCUT2D eigenvalue weighted by Crippen LogP contribution is 2.35. The molecule has 0 fully saturated rings. The lowest BCUT2D eigenvalue weighted by molar-refractivity contribution is -0.137. The molecule has 2 heterocycles. The van der Waals surface area contributed by atoms with E-state index < -0.39 is 17.3 Å². The predicted molar refractivity (Wildman–Crippen MR) is 122 cm³/mol. The molecule has 0 saturated carbocycles. The van der Waals surface area contributed by atoms with Crippen molar-refractivity contribution in [2.24, 2.45) is 7.05 Å². The zero-order valence-corrected chi connectivity index (χ0v) is 18.0. The molecule has 2 aromatic carbocycles. The number of rotatable bonds is 5.